The lowest BCUT2D eigenvalue weighted by Gasteiger charge is -2.26. The second kappa shape index (κ2) is 11.0. The normalized spacial score (nSPS) is 15.0. The van der Waals surface area contributed by atoms with Crippen LogP contribution in [-0.2, 0) is 17.9 Å². The van der Waals surface area contributed by atoms with E-state index in [1.165, 1.54) is 5.56 Å². The Bertz CT molecular complexity index is 747. The lowest BCUT2D eigenvalue weighted by atomic mass is 10.1. The van der Waals surface area contributed by atoms with Crippen molar-refractivity contribution in [2.24, 2.45) is 0 Å². The summed E-state index contributed by atoms with van der Waals surface area (Å²) >= 11 is 12.6. The highest BCUT2D eigenvalue weighted by Crippen LogP contribution is 2.33. The van der Waals surface area contributed by atoms with Crippen LogP contribution in [-0.4, -0.2) is 44.3 Å². The van der Waals surface area contributed by atoms with Gasteiger partial charge in [0.1, 0.15) is 12.4 Å². The Morgan fingerprint density at radius 2 is 1.86 bits per heavy atom. The van der Waals surface area contributed by atoms with Crippen LogP contribution < -0.4 is 10.1 Å². The molecule has 6 heteroatoms. The van der Waals surface area contributed by atoms with Gasteiger partial charge in [-0.15, -0.1) is 0 Å². The van der Waals surface area contributed by atoms with Gasteiger partial charge in [-0.05, 0) is 44.1 Å². The smallest absolute Gasteiger partial charge is 0.142 e. The van der Waals surface area contributed by atoms with E-state index in [-0.39, 0.29) is 0 Å². The number of nitrogens with one attached hydrogen (secondary N) is 1. The molecule has 2 aromatic rings. The first-order valence-corrected chi connectivity index (χ1v) is 10.5. The predicted molar refractivity (Wildman–Crippen MR) is 116 cm³/mol. The third-order valence-corrected chi connectivity index (χ3v) is 5.34. The fourth-order valence-corrected chi connectivity index (χ4v) is 3.81. The van der Waals surface area contributed by atoms with Crippen molar-refractivity contribution in [1.82, 2.24) is 10.2 Å². The molecule has 1 aliphatic heterocycles. The standard InChI is InChI=1S/C22H28Cl2N2O2/c1-17-3-5-18(6-4-17)16-28-22-19(13-20(23)14-21(22)24)15-25-7-2-8-26-9-11-27-12-10-26/h3-6,13-14,25H,2,7-12,15-16H2,1H3. The first-order chi connectivity index (χ1) is 13.6. The number of rotatable bonds is 9. The summed E-state index contributed by atoms with van der Waals surface area (Å²) in [4.78, 5) is 2.44. The fourth-order valence-electron chi connectivity index (χ4n) is 3.22. The highest BCUT2D eigenvalue weighted by Gasteiger charge is 2.12. The summed E-state index contributed by atoms with van der Waals surface area (Å²) in [6, 6.07) is 12.0. The van der Waals surface area contributed by atoms with Crippen molar-refractivity contribution in [2.75, 3.05) is 39.4 Å². The largest absolute Gasteiger partial charge is 0.487 e. The van der Waals surface area contributed by atoms with Gasteiger partial charge in [0.2, 0.25) is 0 Å². The molecule has 0 aliphatic carbocycles. The van der Waals surface area contributed by atoms with Crippen molar-refractivity contribution in [3.05, 3.63) is 63.1 Å². The Kier molecular flexibility index (Phi) is 8.44. The molecular formula is C22H28Cl2N2O2. The lowest BCUT2D eigenvalue weighted by Crippen LogP contribution is -2.37. The Morgan fingerprint density at radius 1 is 1.11 bits per heavy atom. The minimum atomic E-state index is 0.478. The molecule has 3 rings (SSSR count). The van der Waals surface area contributed by atoms with Crippen molar-refractivity contribution in [3.8, 4) is 5.75 Å². The molecule has 1 heterocycles. The molecule has 0 aromatic heterocycles. The zero-order valence-corrected chi connectivity index (χ0v) is 17.9. The van der Waals surface area contributed by atoms with Gasteiger partial charge in [0, 0.05) is 30.2 Å². The van der Waals surface area contributed by atoms with Gasteiger partial charge in [-0.3, -0.25) is 4.90 Å². The summed E-state index contributed by atoms with van der Waals surface area (Å²) in [6.45, 7) is 8.98. The van der Waals surface area contributed by atoms with Gasteiger partial charge in [-0.25, -0.2) is 0 Å². The molecule has 1 saturated heterocycles. The second-order valence-electron chi connectivity index (χ2n) is 7.13. The Balaban J connectivity index is 1.51. The van der Waals surface area contributed by atoms with Crippen LogP contribution in [0, 0.1) is 6.92 Å². The minimum Gasteiger partial charge on any atom is -0.487 e. The maximum absolute atomic E-state index is 6.41. The van der Waals surface area contributed by atoms with E-state index in [2.05, 4.69) is 41.4 Å². The number of halogens is 2. The molecular weight excluding hydrogens is 395 g/mol. The van der Waals surface area contributed by atoms with Gasteiger partial charge in [-0.1, -0.05) is 53.0 Å². The molecule has 1 aliphatic rings. The van der Waals surface area contributed by atoms with E-state index in [1.54, 1.807) is 6.07 Å². The van der Waals surface area contributed by atoms with Crippen molar-refractivity contribution in [3.63, 3.8) is 0 Å². The van der Waals surface area contributed by atoms with Crippen molar-refractivity contribution < 1.29 is 9.47 Å². The van der Waals surface area contributed by atoms with Gasteiger partial charge in [-0.2, -0.15) is 0 Å². The van der Waals surface area contributed by atoms with Gasteiger partial charge in [0.25, 0.3) is 0 Å². The van der Waals surface area contributed by atoms with Gasteiger partial charge < -0.3 is 14.8 Å². The Labute approximate surface area is 177 Å². The zero-order chi connectivity index (χ0) is 19.8. The molecule has 0 radical (unpaired) electrons. The fraction of sp³-hybridized carbons (Fsp3) is 0.455. The number of hydrogen-bond acceptors (Lipinski definition) is 4. The number of hydrogen-bond donors (Lipinski definition) is 1. The zero-order valence-electron chi connectivity index (χ0n) is 16.3. The van der Waals surface area contributed by atoms with E-state index in [0.717, 1.165) is 56.9 Å². The summed E-state index contributed by atoms with van der Waals surface area (Å²) < 4.78 is 11.4. The number of ether oxygens (including phenoxy) is 2. The molecule has 1 N–H and O–H groups in total. The van der Waals surface area contributed by atoms with Crippen LogP contribution in [0.3, 0.4) is 0 Å². The third kappa shape index (κ3) is 6.64. The first kappa shape index (κ1) is 21.4. The molecule has 1 fully saturated rings. The maximum Gasteiger partial charge on any atom is 0.142 e. The molecule has 0 spiro atoms. The van der Waals surface area contributed by atoms with Gasteiger partial charge >= 0.3 is 0 Å². The van der Waals surface area contributed by atoms with Crippen molar-refractivity contribution in [1.29, 1.82) is 0 Å². The number of nitrogens with zero attached hydrogens (tertiary/aromatic N) is 1. The molecule has 0 atom stereocenters. The maximum atomic E-state index is 6.41. The highest BCUT2D eigenvalue weighted by atomic mass is 35.5. The van der Waals surface area contributed by atoms with E-state index < -0.39 is 0 Å². The van der Waals surface area contributed by atoms with Crippen LogP contribution in [0.15, 0.2) is 36.4 Å². The molecule has 152 valence electrons. The molecule has 0 saturated carbocycles. The second-order valence-corrected chi connectivity index (χ2v) is 7.98. The number of morpholine rings is 1. The quantitative estimate of drug-likeness (QED) is 0.594. The van der Waals surface area contributed by atoms with Crippen LogP contribution in [0.4, 0.5) is 0 Å². The summed E-state index contributed by atoms with van der Waals surface area (Å²) in [7, 11) is 0. The van der Waals surface area contributed by atoms with E-state index in [4.69, 9.17) is 32.7 Å². The van der Waals surface area contributed by atoms with Crippen molar-refractivity contribution in [2.45, 2.75) is 26.5 Å². The topological polar surface area (TPSA) is 33.7 Å². The number of benzene rings is 2. The van der Waals surface area contributed by atoms with Crippen LogP contribution in [0.25, 0.3) is 0 Å². The predicted octanol–water partition coefficient (Wildman–Crippen LogP) is 4.69. The summed E-state index contributed by atoms with van der Waals surface area (Å²) in [5.41, 5.74) is 3.33. The minimum absolute atomic E-state index is 0.478. The van der Waals surface area contributed by atoms with Crippen LogP contribution in [0.2, 0.25) is 10.0 Å². The van der Waals surface area contributed by atoms with E-state index in [0.29, 0.717) is 28.9 Å². The molecule has 4 nitrogen and oxygen atoms in total. The Morgan fingerprint density at radius 3 is 2.61 bits per heavy atom. The van der Waals surface area contributed by atoms with Crippen LogP contribution in [0.5, 0.6) is 5.75 Å². The SMILES string of the molecule is Cc1ccc(COc2c(Cl)cc(Cl)cc2CNCCCN2CCOCC2)cc1. The third-order valence-electron chi connectivity index (χ3n) is 4.84. The molecule has 0 amide bonds. The van der Waals surface area contributed by atoms with Crippen molar-refractivity contribution >= 4 is 23.2 Å². The van der Waals surface area contributed by atoms with Gasteiger partial charge in [0.15, 0.2) is 0 Å². The summed E-state index contributed by atoms with van der Waals surface area (Å²) in [6.07, 6.45) is 1.09. The van der Waals surface area contributed by atoms with E-state index >= 15 is 0 Å². The average molecular weight is 423 g/mol. The Hall–Kier alpha value is -1.30. The molecule has 28 heavy (non-hydrogen) atoms. The molecule has 0 bridgehead atoms. The highest BCUT2D eigenvalue weighted by molar-refractivity contribution is 6.35. The average Bonchev–Trinajstić information content (AvgIpc) is 2.69. The lowest BCUT2D eigenvalue weighted by molar-refractivity contribution is 0.0374. The van der Waals surface area contributed by atoms with Crippen LogP contribution in [0.1, 0.15) is 23.1 Å². The first-order valence-electron chi connectivity index (χ1n) is 9.79. The van der Waals surface area contributed by atoms with E-state index in [9.17, 15) is 0 Å². The summed E-state index contributed by atoms with van der Waals surface area (Å²) in [5, 5.41) is 4.66. The van der Waals surface area contributed by atoms with Gasteiger partial charge in [0.05, 0.1) is 18.2 Å². The monoisotopic (exact) mass is 422 g/mol. The van der Waals surface area contributed by atoms with Crippen LogP contribution >= 0.6 is 23.2 Å². The number of aryl methyl sites for hydroxylation is 1. The van der Waals surface area contributed by atoms with E-state index in [1.807, 2.05) is 6.07 Å². The molecule has 2 aromatic carbocycles. The molecule has 0 unspecified atom stereocenters. The summed E-state index contributed by atoms with van der Waals surface area (Å²) in [5.74, 6) is 0.701.